The molecule has 3 amide bonds. The minimum atomic E-state index is -2.43. The molecule has 5 unspecified atom stereocenters. The fourth-order valence-electron chi connectivity index (χ4n) is 2.75. The van der Waals surface area contributed by atoms with Crippen LogP contribution in [0.2, 0.25) is 0 Å². The summed E-state index contributed by atoms with van der Waals surface area (Å²) in [4.78, 5) is 70.5. The van der Waals surface area contributed by atoms with E-state index in [9.17, 15) is 54.3 Å². The molecule has 0 fully saturated rings. The van der Waals surface area contributed by atoms with Crippen LogP contribution in [0.1, 0.15) is 12.8 Å². The van der Waals surface area contributed by atoms with Gasteiger partial charge < -0.3 is 57.0 Å². The van der Waals surface area contributed by atoms with Crippen molar-refractivity contribution < 1.29 is 64.5 Å². The summed E-state index contributed by atoms with van der Waals surface area (Å²) in [5.41, 5.74) is 0. The molecule has 0 bridgehead atoms. The number of aliphatic hydroxyl groups is 4. The molecule has 37 heavy (non-hydrogen) atoms. The second-order valence-electron chi connectivity index (χ2n) is 7.69. The number of aliphatic carboxylic acids is 3. The third-order valence-corrected chi connectivity index (χ3v) is 5.51. The van der Waals surface area contributed by atoms with Crippen LogP contribution in [0.15, 0.2) is 0 Å². The van der Waals surface area contributed by atoms with E-state index < -0.39 is 97.6 Å². The largest absolute Gasteiger partial charge is 0.481 e. The van der Waals surface area contributed by atoms with Crippen LogP contribution in [-0.4, -0.2) is 140 Å². The highest BCUT2D eigenvalue weighted by atomic mass is 32.2. The number of likely N-dealkylation sites (N-methyl/N-ethyl adjacent to an activating group) is 1. The lowest BCUT2D eigenvalue weighted by Crippen LogP contribution is -2.57. The first-order valence-corrected chi connectivity index (χ1v) is 12.0. The third kappa shape index (κ3) is 12.2. The fourth-order valence-corrected chi connectivity index (χ4v) is 3.31. The Labute approximate surface area is 214 Å². The van der Waals surface area contributed by atoms with Gasteiger partial charge >= 0.3 is 17.9 Å². The van der Waals surface area contributed by atoms with E-state index in [1.165, 1.54) is 7.05 Å². The molecular weight excluding hydrogens is 524 g/mol. The second-order valence-corrected chi connectivity index (χ2v) is 8.61. The Morgan fingerprint density at radius 3 is 1.76 bits per heavy atom. The summed E-state index contributed by atoms with van der Waals surface area (Å²) in [7, 11) is 1.27. The van der Waals surface area contributed by atoms with Gasteiger partial charge in [-0.25, -0.2) is 9.59 Å². The minimum Gasteiger partial charge on any atom is -0.481 e. The number of carboxylic acid groups (broad SMARTS) is 3. The molecule has 0 aromatic rings. The van der Waals surface area contributed by atoms with Gasteiger partial charge in [-0.2, -0.15) is 11.8 Å². The van der Waals surface area contributed by atoms with Crippen LogP contribution in [0.3, 0.4) is 0 Å². The van der Waals surface area contributed by atoms with Crippen molar-refractivity contribution in [1.29, 1.82) is 0 Å². The summed E-state index contributed by atoms with van der Waals surface area (Å²) in [6.07, 6.45) is -8.82. The van der Waals surface area contributed by atoms with Crippen LogP contribution in [0.4, 0.5) is 0 Å². The Hall–Kier alpha value is -3.03. The Kier molecular flexibility index (Phi) is 15.3. The Morgan fingerprint density at radius 1 is 0.757 bits per heavy atom. The number of aliphatic hydroxyl groups excluding tert-OH is 4. The van der Waals surface area contributed by atoms with Crippen molar-refractivity contribution in [3.8, 4) is 0 Å². The number of carboxylic acids is 3. The van der Waals surface area contributed by atoms with Crippen LogP contribution < -0.4 is 21.3 Å². The van der Waals surface area contributed by atoms with Gasteiger partial charge in [0, 0.05) is 12.3 Å². The van der Waals surface area contributed by atoms with Gasteiger partial charge in [-0.15, -0.1) is 0 Å². The predicted octanol–water partition coefficient (Wildman–Crippen LogP) is -5.50. The molecule has 0 saturated heterocycles. The smallest absolute Gasteiger partial charge is 0.335 e. The van der Waals surface area contributed by atoms with E-state index in [2.05, 4.69) is 21.3 Å². The molecule has 0 aliphatic heterocycles. The van der Waals surface area contributed by atoms with Gasteiger partial charge in [0.2, 0.25) is 17.7 Å². The maximum atomic E-state index is 12.7. The predicted molar refractivity (Wildman–Crippen MR) is 124 cm³/mol. The molecule has 0 aromatic carbocycles. The van der Waals surface area contributed by atoms with Crippen molar-refractivity contribution in [1.82, 2.24) is 21.3 Å². The van der Waals surface area contributed by atoms with Crippen molar-refractivity contribution >= 4 is 47.4 Å². The number of carbonyl (C=O) groups is 6. The lowest BCUT2D eigenvalue weighted by atomic mass is 10.0. The van der Waals surface area contributed by atoms with Crippen LogP contribution in [0.25, 0.3) is 0 Å². The van der Waals surface area contributed by atoms with Gasteiger partial charge in [-0.1, -0.05) is 0 Å². The van der Waals surface area contributed by atoms with Crippen LogP contribution >= 0.6 is 11.8 Å². The zero-order valence-electron chi connectivity index (χ0n) is 19.9. The highest BCUT2D eigenvalue weighted by Crippen LogP contribution is 2.06. The first kappa shape index (κ1) is 34.0. The Morgan fingerprint density at radius 2 is 1.30 bits per heavy atom. The molecule has 0 aromatic heterocycles. The second kappa shape index (κ2) is 16.7. The number of carbonyl (C=O) groups excluding carboxylic acids is 3. The number of hydrogen-bond donors (Lipinski definition) is 11. The number of rotatable bonds is 18. The lowest BCUT2D eigenvalue weighted by Gasteiger charge is -2.25. The Bertz CT molecular complexity index is 830. The van der Waals surface area contributed by atoms with Crippen molar-refractivity contribution in [2.45, 2.75) is 55.4 Å². The molecule has 0 aliphatic rings. The summed E-state index contributed by atoms with van der Waals surface area (Å²) in [6, 6.07) is -4.39. The SMILES string of the molecule is CN[C@@H](CC(=O)O)C(=O)NC(CC(=O)NCC(O)C(O)C(O)C(O)C(=O)O)C(=O)N[C@@H](CSC)C(=O)O. The van der Waals surface area contributed by atoms with E-state index >= 15 is 0 Å². The molecule has 0 rings (SSSR count). The zero-order chi connectivity index (χ0) is 28.9. The molecule has 0 spiro atoms. The van der Waals surface area contributed by atoms with Crippen molar-refractivity contribution in [3.05, 3.63) is 0 Å². The number of thioether (sulfide) groups is 1. The Balaban J connectivity index is 5.46. The van der Waals surface area contributed by atoms with E-state index in [1.54, 1.807) is 6.26 Å². The van der Waals surface area contributed by atoms with Gasteiger partial charge in [0.1, 0.15) is 24.3 Å². The first-order valence-electron chi connectivity index (χ1n) is 10.6. The number of nitrogens with one attached hydrogen (secondary N) is 4. The van der Waals surface area contributed by atoms with Gasteiger partial charge in [0.25, 0.3) is 0 Å². The molecule has 0 aliphatic carbocycles. The van der Waals surface area contributed by atoms with Crippen molar-refractivity contribution in [3.63, 3.8) is 0 Å². The van der Waals surface area contributed by atoms with Gasteiger partial charge in [0.05, 0.1) is 25.0 Å². The minimum absolute atomic E-state index is 0.0549. The quantitative estimate of drug-likeness (QED) is 0.0750. The fraction of sp³-hybridized carbons (Fsp3) is 0.684. The summed E-state index contributed by atoms with van der Waals surface area (Å²) in [6.45, 7) is -0.784. The van der Waals surface area contributed by atoms with Crippen LogP contribution in [0.5, 0.6) is 0 Å². The average Bonchev–Trinajstić information content (AvgIpc) is 2.82. The molecule has 0 heterocycles. The molecule has 11 N–H and O–H groups in total. The van der Waals surface area contributed by atoms with E-state index in [-0.39, 0.29) is 5.75 Å². The third-order valence-electron chi connectivity index (χ3n) is 4.84. The average molecular weight is 557 g/mol. The zero-order valence-corrected chi connectivity index (χ0v) is 20.7. The molecular formula is C19H32N4O13S. The standard InChI is InChI=1S/C19H32N4O13S/c1-20-7(4-12(26)27)16(31)22-8(17(32)23-9(6-37-2)18(33)34)3-11(25)21-5-10(24)13(28)14(29)15(30)19(35)36/h7-10,13-15,20,24,28-30H,3-6H2,1-2H3,(H,21,25)(H,22,31)(H,23,32)(H,26,27)(H,33,34)(H,35,36)/t7-,8?,9-,10?,13?,14?,15?/m0/s1. The van der Waals surface area contributed by atoms with E-state index in [1.807, 2.05) is 0 Å². The van der Waals surface area contributed by atoms with E-state index in [4.69, 9.17) is 10.2 Å². The summed E-state index contributed by atoms with van der Waals surface area (Å²) >= 11 is 1.09. The monoisotopic (exact) mass is 556 g/mol. The van der Waals surface area contributed by atoms with Crippen molar-refractivity contribution in [2.75, 3.05) is 25.6 Å². The van der Waals surface area contributed by atoms with Crippen LogP contribution in [-0.2, 0) is 28.8 Å². The van der Waals surface area contributed by atoms with Crippen LogP contribution in [0, 0.1) is 0 Å². The molecule has 18 heteroatoms. The topological polar surface area (TPSA) is 292 Å². The maximum absolute atomic E-state index is 12.7. The number of amides is 3. The van der Waals surface area contributed by atoms with Gasteiger partial charge in [-0.05, 0) is 13.3 Å². The molecule has 0 radical (unpaired) electrons. The van der Waals surface area contributed by atoms with Crippen molar-refractivity contribution in [2.24, 2.45) is 0 Å². The molecule has 0 saturated carbocycles. The van der Waals surface area contributed by atoms with Gasteiger partial charge in [-0.3, -0.25) is 19.2 Å². The highest BCUT2D eigenvalue weighted by Gasteiger charge is 2.35. The highest BCUT2D eigenvalue weighted by molar-refractivity contribution is 7.98. The lowest BCUT2D eigenvalue weighted by molar-refractivity contribution is -0.162. The van der Waals surface area contributed by atoms with Gasteiger partial charge in [0.15, 0.2) is 6.10 Å². The maximum Gasteiger partial charge on any atom is 0.335 e. The normalized spacial score (nSPS) is 16.7. The molecule has 17 nitrogen and oxygen atoms in total. The van der Waals surface area contributed by atoms with E-state index in [0.29, 0.717) is 0 Å². The number of hydrogen-bond acceptors (Lipinski definition) is 12. The van der Waals surface area contributed by atoms with E-state index in [0.717, 1.165) is 11.8 Å². The summed E-state index contributed by atoms with van der Waals surface area (Å²) in [5, 5.41) is 74.1. The molecule has 212 valence electrons. The summed E-state index contributed by atoms with van der Waals surface area (Å²) in [5.74, 6) is -7.77. The first-order chi connectivity index (χ1) is 17.2. The summed E-state index contributed by atoms with van der Waals surface area (Å²) < 4.78 is 0. The molecule has 7 atom stereocenters.